The molecule has 3 rings (SSSR count). The van der Waals surface area contributed by atoms with Gasteiger partial charge in [0.2, 0.25) is 0 Å². The fraction of sp³-hybridized carbons (Fsp3) is 0.200. The summed E-state index contributed by atoms with van der Waals surface area (Å²) in [5.74, 6) is 3.09. The van der Waals surface area contributed by atoms with E-state index in [1.807, 2.05) is 24.3 Å². The normalized spacial score (nSPS) is 10.4. The largest absolute Gasteiger partial charge is 0.207 e. The molecule has 142 valence electrons. The first kappa shape index (κ1) is 19.8. The van der Waals surface area contributed by atoms with Gasteiger partial charge in [-0.2, -0.15) is 0 Å². The van der Waals surface area contributed by atoms with Crippen LogP contribution < -0.4 is 0 Å². The van der Waals surface area contributed by atoms with E-state index in [9.17, 15) is 13.2 Å². The van der Waals surface area contributed by atoms with Crippen LogP contribution in [-0.4, -0.2) is 0 Å². The average Bonchev–Trinajstić information content (AvgIpc) is 2.71. The SMILES string of the molecule is CCCCCc1ccc(-c2ccc(C#Cc3ccc(F)cc3)c(F)c2F)cc1. The van der Waals surface area contributed by atoms with Crippen molar-refractivity contribution in [3.05, 3.63) is 94.8 Å². The number of aryl methyl sites for hydroxylation is 1. The van der Waals surface area contributed by atoms with Crippen molar-refractivity contribution in [2.24, 2.45) is 0 Å². The van der Waals surface area contributed by atoms with E-state index < -0.39 is 11.6 Å². The summed E-state index contributed by atoms with van der Waals surface area (Å²) >= 11 is 0. The van der Waals surface area contributed by atoms with Crippen LogP contribution in [0.2, 0.25) is 0 Å². The minimum absolute atomic E-state index is 0.0261. The van der Waals surface area contributed by atoms with Gasteiger partial charge in [-0.05, 0) is 60.4 Å². The van der Waals surface area contributed by atoms with Crippen LogP contribution in [0.5, 0.6) is 0 Å². The van der Waals surface area contributed by atoms with Crippen LogP contribution >= 0.6 is 0 Å². The number of unbranched alkanes of at least 4 members (excludes halogenated alkanes) is 2. The molecule has 0 radical (unpaired) electrons. The molecule has 0 unspecified atom stereocenters. The topological polar surface area (TPSA) is 0 Å². The number of hydrogen-bond acceptors (Lipinski definition) is 0. The van der Waals surface area contributed by atoms with Gasteiger partial charge in [-0.1, -0.05) is 55.9 Å². The van der Waals surface area contributed by atoms with Crippen LogP contribution in [0.15, 0.2) is 60.7 Å². The number of hydrogen-bond donors (Lipinski definition) is 0. The van der Waals surface area contributed by atoms with Crippen molar-refractivity contribution in [2.45, 2.75) is 32.6 Å². The van der Waals surface area contributed by atoms with Gasteiger partial charge in [0.1, 0.15) is 5.82 Å². The lowest BCUT2D eigenvalue weighted by Crippen LogP contribution is -1.94. The van der Waals surface area contributed by atoms with Gasteiger partial charge in [0.25, 0.3) is 0 Å². The molecule has 0 N–H and O–H groups in total. The maximum absolute atomic E-state index is 14.6. The standard InChI is InChI=1S/C25H21F3/c1-2-3-4-5-18-6-11-20(12-7-18)23-17-14-21(24(27)25(23)28)13-8-19-9-15-22(26)16-10-19/h6-7,9-12,14-17H,2-5H2,1H3. The fourth-order valence-electron chi connectivity index (χ4n) is 2.97. The second-order valence-corrected chi connectivity index (χ2v) is 6.70. The van der Waals surface area contributed by atoms with Crippen molar-refractivity contribution in [2.75, 3.05) is 0 Å². The quantitative estimate of drug-likeness (QED) is 0.334. The Hall–Kier alpha value is -2.99. The first-order chi connectivity index (χ1) is 13.6. The summed E-state index contributed by atoms with van der Waals surface area (Å²) < 4.78 is 42.0. The Morgan fingerprint density at radius 3 is 2.11 bits per heavy atom. The molecule has 0 heterocycles. The third-order valence-electron chi connectivity index (χ3n) is 4.60. The molecule has 0 saturated heterocycles. The van der Waals surface area contributed by atoms with Gasteiger partial charge in [0, 0.05) is 11.1 Å². The third kappa shape index (κ3) is 4.84. The molecule has 3 aromatic carbocycles. The van der Waals surface area contributed by atoms with Gasteiger partial charge in [-0.15, -0.1) is 0 Å². The van der Waals surface area contributed by atoms with Crippen molar-refractivity contribution in [1.29, 1.82) is 0 Å². The van der Waals surface area contributed by atoms with E-state index in [0.29, 0.717) is 11.1 Å². The summed E-state index contributed by atoms with van der Waals surface area (Å²) in [6, 6.07) is 16.1. The lowest BCUT2D eigenvalue weighted by Gasteiger charge is -2.07. The van der Waals surface area contributed by atoms with Crippen molar-refractivity contribution < 1.29 is 13.2 Å². The molecular formula is C25H21F3. The Kier molecular flexibility index (Phi) is 6.55. The predicted octanol–water partition coefficient (Wildman–Crippen LogP) is 6.90. The van der Waals surface area contributed by atoms with Crippen LogP contribution in [0.25, 0.3) is 11.1 Å². The smallest absolute Gasteiger partial charge is 0.175 e. The van der Waals surface area contributed by atoms with E-state index in [-0.39, 0.29) is 16.9 Å². The molecular weight excluding hydrogens is 357 g/mol. The number of halogens is 3. The lowest BCUT2D eigenvalue weighted by molar-refractivity contribution is 0.509. The Balaban J connectivity index is 1.81. The van der Waals surface area contributed by atoms with Crippen molar-refractivity contribution in [3.8, 4) is 23.0 Å². The van der Waals surface area contributed by atoms with Crippen LogP contribution in [0.3, 0.4) is 0 Å². The average molecular weight is 378 g/mol. The molecule has 0 bridgehead atoms. The second kappa shape index (κ2) is 9.28. The lowest BCUT2D eigenvalue weighted by atomic mass is 9.99. The molecule has 0 nitrogen and oxygen atoms in total. The Morgan fingerprint density at radius 1 is 0.714 bits per heavy atom. The highest BCUT2D eigenvalue weighted by atomic mass is 19.2. The van der Waals surface area contributed by atoms with Crippen LogP contribution in [-0.2, 0) is 6.42 Å². The summed E-state index contributed by atoms with van der Waals surface area (Å²) in [5.41, 5.74) is 2.55. The molecule has 3 aromatic rings. The molecule has 0 aromatic heterocycles. The predicted molar refractivity (Wildman–Crippen MR) is 107 cm³/mol. The van der Waals surface area contributed by atoms with E-state index in [2.05, 4.69) is 18.8 Å². The monoisotopic (exact) mass is 378 g/mol. The molecule has 28 heavy (non-hydrogen) atoms. The molecule has 0 aliphatic rings. The zero-order valence-corrected chi connectivity index (χ0v) is 15.7. The Bertz CT molecular complexity index is 991. The van der Waals surface area contributed by atoms with Crippen molar-refractivity contribution in [3.63, 3.8) is 0 Å². The molecule has 3 heteroatoms. The second-order valence-electron chi connectivity index (χ2n) is 6.70. The summed E-state index contributed by atoms with van der Waals surface area (Å²) in [6.07, 6.45) is 4.46. The highest BCUT2D eigenvalue weighted by Crippen LogP contribution is 2.27. The van der Waals surface area contributed by atoms with Gasteiger partial charge in [-0.3, -0.25) is 0 Å². The zero-order chi connectivity index (χ0) is 19.9. The molecule has 0 saturated carbocycles. The van der Waals surface area contributed by atoms with E-state index in [1.165, 1.54) is 48.7 Å². The van der Waals surface area contributed by atoms with Gasteiger partial charge < -0.3 is 0 Å². The van der Waals surface area contributed by atoms with Gasteiger partial charge in [-0.25, -0.2) is 13.2 Å². The molecule has 0 aliphatic heterocycles. The highest BCUT2D eigenvalue weighted by molar-refractivity contribution is 5.66. The molecule has 0 spiro atoms. The van der Waals surface area contributed by atoms with Crippen molar-refractivity contribution >= 4 is 0 Å². The van der Waals surface area contributed by atoms with E-state index in [0.717, 1.165) is 12.8 Å². The molecule has 0 amide bonds. The number of rotatable bonds is 5. The molecule has 0 atom stereocenters. The van der Waals surface area contributed by atoms with E-state index >= 15 is 0 Å². The van der Waals surface area contributed by atoms with Crippen molar-refractivity contribution in [1.82, 2.24) is 0 Å². The van der Waals surface area contributed by atoms with Gasteiger partial charge >= 0.3 is 0 Å². The minimum atomic E-state index is -0.973. The van der Waals surface area contributed by atoms with Crippen LogP contribution in [0, 0.1) is 29.3 Å². The van der Waals surface area contributed by atoms with E-state index in [4.69, 9.17) is 0 Å². The Morgan fingerprint density at radius 2 is 1.43 bits per heavy atom. The maximum Gasteiger partial charge on any atom is 0.175 e. The summed E-state index contributed by atoms with van der Waals surface area (Å²) in [5, 5.41) is 0. The molecule has 0 aliphatic carbocycles. The highest BCUT2D eigenvalue weighted by Gasteiger charge is 2.13. The number of benzene rings is 3. The van der Waals surface area contributed by atoms with Gasteiger partial charge in [0.05, 0.1) is 5.56 Å². The summed E-state index contributed by atoms with van der Waals surface area (Å²) in [4.78, 5) is 0. The zero-order valence-electron chi connectivity index (χ0n) is 15.7. The van der Waals surface area contributed by atoms with Crippen LogP contribution in [0.1, 0.15) is 42.9 Å². The summed E-state index contributed by atoms with van der Waals surface area (Å²) in [6.45, 7) is 2.16. The molecule has 0 fully saturated rings. The van der Waals surface area contributed by atoms with Crippen LogP contribution in [0.4, 0.5) is 13.2 Å². The fourth-order valence-corrected chi connectivity index (χ4v) is 2.97. The third-order valence-corrected chi connectivity index (χ3v) is 4.60. The maximum atomic E-state index is 14.6. The van der Waals surface area contributed by atoms with E-state index in [1.54, 1.807) is 6.07 Å². The minimum Gasteiger partial charge on any atom is -0.207 e. The Labute approximate surface area is 164 Å². The first-order valence-corrected chi connectivity index (χ1v) is 9.43. The summed E-state index contributed by atoms with van der Waals surface area (Å²) in [7, 11) is 0. The van der Waals surface area contributed by atoms with Gasteiger partial charge in [0.15, 0.2) is 11.6 Å². The first-order valence-electron chi connectivity index (χ1n) is 9.43.